The number of rotatable bonds is 3. The van der Waals surface area contributed by atoms with Crippen molar-refractivity contribution in [3.05, 3.63) is 52.3 Å². The highest BCUT2D eigenvalue weighted by atomic mass is 79.9. The van der Waals surface area contributed by atoms with Crippen molar-refractivity contribution in [3.8, 4) is 11.5 Å². The van der Waals surface area contributed by atoms with Crippen molar-refractivity contribution in [1.82, 2.24) is 0 Å². The molecule has 0 aromatic heterocycles. The van der Waals surface area contributed by atoms with E-state index in [1.54, 1.807) is 12.1 Å². The van der Waals surface area contributed by atoms with Crippen molar-refractivity contribution in [2.75, 3.05) is 5.73 Å². The van der Waals surface area contributed by atoms with Gasteiger partial charge in [-0.25, -0.2) is 4.39 Å². The summed E-state index contributed by atoms with van der Waals surface area (Å²) in [6.07, 6.45) is 0. The number of primary amides is 1. The molecule has 6 heteroatoms. The van der Waals surface area contributed by atoms with Crippen molar-refractivity contribution in [2.24, 2.45) is 5.73 Å². The Bertz CT molecular complexity index is 647. The fourth-order valence-electron chi connectivity index (χ4n) is 1.52. The van der Waals surface area contributed by atoms with Gasteiger partial charge in [0.15, 0.2) is 17.3 Å². The zero-order valence-corrected chi connectivity index (χ0v) is 11.3. The number of anilines is 1. The molecule has 4 N–H and O–H groups in total. The molecule has 0 unspecified atom stereocenters. The zero-order valence-electron chi connectivity index (χ0n) is 9.69. The summed E-state index contributed by atoms with van der Waals surface area (Å²) in [7, 11) is 0. The fraction of sp³-hybridized carbons (Fsp3) is 0. The number of amides is 1. The van der Waals surface area contributed by atoms with E-state index in [2.05, 4.69) is 15.9 Å². The van der Waals surface area contributed by atoms with Gasteiger partial charge in [0.25, 0.3) is 5.91 Å². The van der Waals surface area contributed by atoms with Crippen LogP contribution in [0.15, 0.2) is 40.9 Å². The Kier molecular flexibility index (Phi) is 3.71. The van der Waals surface area contributed by atoms with E-state index in [0.717, 1.165) is 0 Å². The van der Waals surface area contributed by atoms with Gasteiger partial charge in [0, 0.05) is 4.47 Å². The monoisotopic (exact) mass is 324 g/mol. The number of halogens is 2. The molecule has 2 rings (SSSR count). The number of nitrogen functional groups attached to an aromatic ring is 1. The van der Waals surface area contributed by atoms with Gasteiger partial charge in [0.05, 0.1) is 11.3 Å². The maximum absolute atomic E-state index is 13.6. The van der Waals surface area contributed by atoms with E-state index in [4.69, 9.17) is 16.2 Å². The second-order valence-corrected chi connectivity index (χ2v) is 4.67. The summed E-state index contributed by atoms with van der Waals surface area (Å²) >= 11 is 3.21. The minimum Gasteiger partial charge on any atom is -0.452 e. The third kappa shape index (κ3) is 2.85. The van der Waals surface area contributed by atoms with Gasteiger partial charge in [-0.05, 0) is 30.3 Å². The van der Waals surface area contributed by atoms with Gasteiger partial charge in [0.2, 0.25) is 0 Å². The molecule has 0 bridgehead atoms. The first-order chi connectivity index (χ1) is 8.99. The molecule has 2 aromatic carbocycles. The Labute approximate surface area is 117 Å². The third-order valence-corrected chi connectivity index (χ3v) is 2.94. The molecule has 0 saturated heterocycles. The molecule has 0 fully saturated rings. The molecular weight excluding hydrogens is 315 g/mol. The fourth-order valence-corrected chi connectivity index (χ4v) is 1.86. The average Bonchev–Trinajstić information content (AvgIpc) is 2.36. The van der Waals surface area contributed by atoms with Crippen molar-refractivity contribution >= 4 is 27.5 Å². The number of hydrogen-bond acceptors (Lipinski definition) is 3. The number of hydrogen-bond donors (Lipinski definition) is 2. The average molecular weight is 325 g/mol. The maximum atomic E-state index is 13.6. The first kappa shape index (κ1) is 13.4. The Morgan fingerprint density at radius 3 is 2.63 bits per heavy atom. The Balaban J connectivity index is 2.41. The lowest BCUT2D eigenvalue weighted by atomic mass is 10.1. The largest absolute Gasteiger partial charge is 0.452 e. The van der Waals surface area contributed by atoms with Crippen LogP contribution in [0.1, 0.15) is 10.4 Å². The number of carbonyl (C=O) groups excluding carboxylic acids is 1. The van der Waals surface area contributed by atoms with Crippen LogP contribution in [0.5, 0.6) is 11.5 Å². The van der Waals surface area contributed by atoms with E-state index >= 15 is 0 Å². The third-order valence-electron chi connectivity index (χ3n) is 2.44. The molecule has 0 aliphatic rings. The van der Waals surface area contributed by atoms with Crippen LogP contribution in [-0.4, -0.2) is 5.91 Å². The van der Waals surface area contributed by atoms with E-state index in [1.165, 1.54) is 24.3 Å². The van der Waals surface area contributed by atoms with E-state index < -0.39 is 11.7 Å². The molecule has 1 amide bonds. The minimum atomic E-state index is -0.669. The summed E-state index contributed by atoms with van der Waals surface area (Å²) < 4.78 is 19.6. The van der Waals surface area contributed by atoms with E-state index in [1.807, 2.05) is 0 Å². The standard InChI is InChI=1S/C13H10BrFN2O2/c14-7-4-5-9(15)11(6-7)19-10-3-1-2-8(12(10)16)13(17)18/h1-6H,16H2,(H2,17,18). The van der Waals surface area contributed by atoms with E-state index in [9.17, 15) is 9.18 Å². The molecule has 98 valence electrons. The highest BCUT2D eigenvalue weighted by Gasteiger charge is 2.13. The summed E-state index contributed by atoms with van der Waals surface area (Å²) in [5.74, 6) is -1.03. The minimum absolute atomic E-state index is 0.00250. The second kappa shape index (κ2) is 5.27. The lowest BCUT2D eigenvalue weighted by Crippen LogP contribution is -2.13. The van der Waals surface area contributed by atoms with Crippen LogP contribution in [0.25, 0.3) is 0 Å². The summed E-state index contributed by atoms with van der Waals surface area (Å²) in [5, 5.41) is 0. The summed E-state index contributed by atoms with van der Waals surface area (Å²) in [4.78, 5) is 11.2. The predicted molar refractivity (Wildman–Crippen MR) is 73.5 cm³/mol. The molecule has 0 radical (unpaired) electrons. The van der Waals surface area contributed by atoms with E-state index in [0.29, 0.717) is 4.47 Å². The smallest absolute Gasteiger partial charge is 0.250 e. The van der Waals surface area contributed by atoms with Crippen LogP contribution in [0, 0.1) is 5.82 Å². The summed E-state index contributed by atoms with van der Waals surface area (Å²) in [6.45, 7) is 0. The molecule has 0 aliphatic carbocycles. The van der Waals surface area contributed by atoms with Gasteiger partial charge in [-0.2, -0.15) is 0 Å². The van der Waals surface area contributed by atoms with Gasteiger partial charge < -0.3 is 16.2 Å². The van der Waals surface area contributed by atoms with Crippen molar-refractivity contribution < 1.29 is 13.9 Å². The first-order valence-corrected chi connectivity index (χ1v) is 6.09. The van der Waals surface area contributed by atoms with Gasteiger partial charge in [-0.1, -0.05) is 22.0 Å². The molecule has 0 aliphatic heterocycles. The Hall–Kier alpha value is -2.08. The molecule has 2 aromatic rings. The van der Waals surface area contributed by atoms with Crippen LogP contribution in [-0.2, 0) is 0 Å². The van der Waals surface area contributed by atoms with E-state index in [-0.39, 0.29) is 22.7 Å². The molecular formula is C13H10BrFN2O2. The van der Waals surface area contributed by atoms with Crippen LogP contribution >= 0.6 is 15.9 Å². The van der Waals surface area contributed by atoms with Gasteiger partial charge >= 0.3 is 0 Å². The Morgan fingerprint density at radius 1 is 1.21 bits per heavy atom. The lowest BCUT2D eigenvalue weighted by Gasteiger charge is -2.11. The summed E-state index contributed by atoms with van der Waals surface area (Å²) in [5.41, 5.74) is 11.1. The highest BCUT2D eigenvalue weighted by Crippen LogP contribution is 2.32. The van der Waals surface area contributed by atoms with Crippen molar-refractivity contribution in [1.29, 1.82) is 0 Å². The molecule has 0 saturated carbocycles. The molecule has 0 heterocycles. The number of nitrogens with two attached hydrogens (primary N) is 2. The lowest BCUT2D eigenvalue weighted by molar-refractivity contribution is 0.100. The molecule has 4 nitrogen and oxygen atoms in total. The molecule has 19 heavy (non-hydrogen) atoms. The number of ether oxygens (including phenoxy) is 1. The van der Waals surface area contributed by atoms with Crippen LogP contribution < -0.4 is 16.2 Å². The molecule has 0 atom stereocenters. The van der Waals surface area contributed by atoms with Crippen LogP contribution in [0.4, 0.5) is 10.1 Å². The number of benzene rings is 2. The second-order valence-electron chi connectivity index (χ2n) is 3.76. The normalized spacial score (nSPS) is 10.2. The quantitative estimate of drug-likeness (QED) is 0.851. The maximum Gasteiger partial charge on any atom is 0.250 e. The summed E-state index contributed by atoms with van der Waals surface area (Å²) in [6, 6.07) is 8.83. The van der Waals surface area contributed by atoms with Crippen molar-refractivity contribution in [2.45, 2.75) is 0 Å². The predicted octanol–water partition coefficient (Wildman–Crippen LogP) is 3.06. The SMILES string of the molecule is NC(=O)c1cccc(Oc2cc(Br)ccc2F)c1N. The van der Waals surface area contributed by atoms with Crippen molar-refractivity contribution in [3.63, 3.8) is 0 Å². The van der Waals surface area contributed by atoms with Gasteiger partial charge in [0.1, 0.15) is 0 Å². The topological polar surface area (TPSA) is 78.3 Å². The first-order valence-electron chi connectivity index (χ1n) is 5.30. The van der Waals surface area contributed by atoms with Gasteiger partial charge in [-0.3, -0.25) is 4.79 Å². The van der Waals surface area contributed by atoms with Crippen LogP contribution in [0.3, 0.4) is 0 Å². The van der Waals surface area contributed by atoms with Crippen LogP contribution in [0.2, 0.25) is 0 Å². The number of para-hydroxylation sites is 1. The molecule has 0 spiro atoms. The zero-order chi connectivity index (χ0) is 14.0. The highest BCUT2D eigenvalue weighted by molar-refractivity contribution is 9.10. The van der Waals surface area contributed by atoms with Gasteiger partial charge in [-0.15, -0.1) is 0 Å². The Morgan fingerprint density at radius 2 is 1.95 bits per heavy atom. The number of carbonyl (C=O) groups is 1.